The second-order valence-corrected chi connectivity index (χ2v) is 9.88. The molecule has 3 amide bonds. The van der Waals surface area contributed by atoms with Gasteiger partial charge in [0.15, 0.2) is 0 Å². The molecule has 0 spiro atoms. The van der Waals surface area contributed by atoms with Crippen LogP contribution in [0.3, 0.4) is 0 Å². The van der Waals surface area contributed by atoms with Gasteiger partial charge in [0.2, 0.25) is 11.8 Å². The van der Waals surface area contributed by atoms with E-state index >= 15 is 0 Å². The Balaban J connectivity index is 1.33. The molecule has 0 bridgehead atoms. The van der Waals surface area contributed by atoms with Crippen LogP contribution in [0, 0.1) is 0 Å². The van der Waals surface area contributed by atoms with Crippen molar-refractivity contribution < 1.29 is 23.9 Å². The quantitative estimate of drug-likeness (QED) is 0.206. The van der Waals surface area contributed by atoms with Crippen molar-refractivity contribution in [1.29, 1.82) is 0 Å². The average Bonchev–Trinajstić information content (AvgIpc) is 2.99. The van der Waals surface area contributed by atoms with Crippen molar-refractivity contribution in [3.8, 4) is 5.75 Å². The average molecular weight is 618 g/mol. The van der Waals surface area contributed by atoms with Gasteiger partial charge >= 0.3 is 6.09 Å². The Morgan fingerprint density at radius 1 is 0.829 bits per heavy atom. The monoisotopic (exact) mass is 616 g/mol. The lowest BCUT2D eigenvalue weighted by atomic mass is 10.1. The molecule has 0 saturated heterocycles. The first-order chi connectivity index (χ1) is 20.0. The highest BCUT2D eigenvalue weighted by atomic mass is 79.9. The van der Waals surface area contributed by atoms with Crippen molar-refractivity contribution >= 4 is 39.5 Å². The summed E-state index contributed by atoms with van der Waals surface area (Å²) in [7, 11) is 0. The molecule has 0 radical (unpaired) electrons. The molecule has 0 aliphatic carbocycles. The zero-order valence-corrected chi connectivity index (χ0v) is 23.7. The first kappa shape index (κ1) is 29.3. The summed E-state index contributed by atoms with van der Waals surface area (Å²) in [4.78, 5) is 42.6. The van der Waals surface area contributed by atoms with Gasteiger partial charge in [-0.05, 0) is 35.4 Å². The van der Waals surface area contributed by atoms with E-state index in [0.717, 1.165) is 15.6 Å². The highest BCUT2D eigenvalue weighted by Gasteiger charge is 2.23. The van der Waals surface area contributed by atoms with Gasteiger partial charge < -0.3 is 25.4 Å². The smallest absolute Gasteiger partial charge is 0.408 e. The lowest BCUT2D eigenvalue weighted by Crippen LogP contribution is -2.49. The molecule has 3 aromatic carbocycles. The summed E-state index contributed by atoms with van der Waals surface area (Å²) < 4.78 is 12.0. The maximum Gasteiger partial charge on any atom is 0.408 e. The second kappa shape index (κ2) is 15.2. The first-order valence-electron chi connectivity index (χ1n) is 12.9. The van der Waals surface area contributed by atoms with E-state index in [2.05, 4.69) is 36.9 Å². The van der Waals surface area contributed by atoms with E-state index in [1.807, 2.05) is 72.8 Å². The van der Waals surface area contributed by atoms with Crippen LogP contribution in [-0.2, 0) is 34.0 Å². The Morgan fingerprint density at radius 3 is 2.24 bits per heavy atom. The van der Waals surface area contributed by atoms with E-state index in [1.165, 1.54) is 0 Å². The minimum absolute atomic E-state index is 0.0633. The van der Waals surface area contributed by atoms with E-state index in [4.69, 9.17) is 9.47 Å². The standard InChI is InChI=1S/C31H29BrN4O5/c32-24-15-16-33-25(18-24)21-40-28-14-8-7-13-26(28)35-29(37)19-34-30(38)27(17-22-9-3-1-4-10-22)36-31(39)41-20-23-11-5-2-6-12-23/h1-16,18,27H,17,19-21H2,(H,34,38)(H,35,37)(H,36,39)/t27-/m0/s1. The summed E-state index contributed by atoms with van der Waals surface area (Å²) in [6.45, 7) is -0.0451. The van der Waals surface area contributed by atoms with E-state index < -0.39 is 23.9 Å². The van der Waals surface area contributed by atoms with Gasteiger partial charge in [-0.1, -0.05) is 88.7 Å². The number of rotatable bonds is 12. The van der Waals surface area contributed by atoms with Crippen LogP contribution < -0.4 is 20.7 Å². The number of pyridine rings is 1. The number of benzene rings is 3. The largest absolute Gasteiger partial charge is 0.485 e. The number of amides is 3. The van der Waals surface area contributed by atoms with Crippen molar-refractivity contribution in [3.05, 3.63) is 125 Å². The van der Waals surface area contributed by atoms with Crippen LogP contribution in [0.2, 0.25) is 0 Å². The van der Waals surface area contributed by atoms with E-state index in [9.17, 15) is 14.4 Å². The molecule has 1 heterocycles. The van der Waals surface area contributed by atoms with Gasteiger partial charge in [-0.15, -0.1) is 0 Å². The van der Waals surface area contributed by atoms with Crippen molar-refractivity contribution in [2.45, 2.75) is 25.7 Å². The minimum atomic E-state index is -0.957. The van der Waals surface area contributed by atoms with Crippen LogP contribution in [0.25, 0.3) is 0 Å². The van der Waals surface area contributed by atoms with Gasteiger partial charge in [0.1, 0.15) is 25.0 Å². The molecule has 4 aromatic rings. The van der Waals surface area contributed by atoms with Crippen LogP contribution in [0.1, 0.15) is 16.8 Å². The number of carbonyl (C=O) groups excluding carboxylic acids is 3. The normalized spacial score (nSPS) is 11.1. The fraction of sp³-hybridized carbons (Fsp3) is 0.161. The van der Waals surface area contributed by atoms with Crippen LogP contribution >= 0.6 is 15.9 Å². The van der Waals surface area contributed by atoms with Crippen molar-refractivity contribution in [2.75, 3.05) is 11.9 Å². The Morgan fingerprint density at radius 2 is 1.51 bits per heavy atom. The summed E-state index contributed by atoms with van der Waals surface area (Å²) >= 11 is 3.41. The predicted molar refractivity (Wildman–Crippen MR) is 158 cm³/mol. The van der Waals surface area contributed by atoms with Gasteiger partial charge in [0.05, 0.1) is 17.9 Å². The Hall–Kier alpha value is -4.70. The molecular formula is C31H29BrN4O5. The zero-order valence-electron chi connectivity index (χ0n) is 22.1. The molecule has 41 heavy (non-hydrogen) atoms. The number of hydrogen-bond donors (Lipinski definition) is 3. The Bertz CT molecular complexity index is 1450. The summed E-state index contributed by atoms with van der Waals surface area (Å²) in [6, 6.07) is 28.2. The number of halogens is 1. The van der Waals surface area contributed by atoms with Gasteiger partial charge in [-0.2, -0.15) is 0 Å². The maximum absolute atomic E-state index is 13.1. The van der Waals surface area contributed by atoms with Crippen LogP contribution in [0.4, 0.5) is 10.5 Å². The third-order valence-corrected chi connectivity index (χ3v) is 6.34. The number of carbonyl (C=O) groups is 3. The van der Waals surface area contributed by atoms with E-state index in [1.54, 1.807) is 30.5 Å². The molecule has 4 rings (SSSR count). The molecule has 0 fully saturated rings. The number of ether oxygens (including phenoxy) is 2. The van der Waals surface area contributed by atoms with Gasteiger partial charge in [-0.25, -0.2) is 4.79 Å². The summed E-state index contributed by atoms with van der Waals surface area (Å²) in [5.41, 5.74) is 2.82. The van der Waals surface area contributed by atoms with Crippen LogP contribution in [0.5, 0.6) is 5.75 Å². The molecule has 9 nitrogen and oxygen atoms in total. The first-order valence-corrected chi connectivity index (χ1v) is 13.7. The highest BCUT2D eigenvalue weighted by molar-refractivity contribution is 9.10. The molecule has 1 atom stereocenters. The number of nitrogens with one attached hydrogen (secondary N) is 3. The van der Waals surface area contributed by atoms with Gasteiger partial charge in [0, 0.05) is 17.1 Å². The fourth-order valence-corrected chi connectivity index (χ4v) is 4.21. The molecular weight excluding hydrogens is 588 g/mol. The van der Waals surface area contributed by atoms with Gasteiger partial charge in [0.25, 0.3) is 0 Å². The lowest BCUT2D eigenvalue weighted by Gasteiger charge is -2.19. The zero-order chi connectivity index (χ0) is 28.9. The topological polar surface area (TPSA) is 119 Å². The van der Waals surface area contributed by atoms with Crippen LogP contribution in [0.15, 0.2) is 108 Å². The molecule has 0 saturated carbocycles. The fourth-order valence-electron chi connectivity index (χ4n) is 3.83. The summed E-state index contributed by atoms with van der Waals surface area (Å²) in [5.74, 6) is -0.523. The Kier molecular flexibility index (Phi) is 10.8. The van der Waals surface area contributed by atoms with E-state index in [0.29, 0.717) is 17.1 Å². The van der Waals surface area contributed by atoms with E-state index in [-0.39, 0.29) is 26.2 Å². The molecule has 0 aliphatic rings. The highest BCUT2D eigenvalue weighted by Crippen LogP contribution is 2.24. The summed E-state index contributed by atoms with van der Waals surface area (Å²) in [6.07, 6.45) is 1.15. The molecule has 1 aromatic heterocycles. The number of hydrogen-bond acceptors (Lipinski definition) is 6. The second-order valence-electron chi connectivity index (χ2n) is 8.96. The SMILES string of the molecule is O=C(CNC(=O)[C@H](Cc1ccccc1)NC(=O)OCc1ccccc1)Nc1ccccc1OCc1cc(Br)ccn1. The molecule has 0 aliphatic heterocycles. The third-order valence-electron chi connectivity index (χ3n) is 5.84. The van der Waals surface area contributed by atoms with Crippen molar-refractivity contribution in [3.63, 3.8) is 0 Å². The van der Waals surface area contributed by atoms with Crippen molar-refractivity contribution in [2.24, 2.45) is 0 Å². The third kappa shape index (κ3) is 9.77. The summed E-state index contributed by atoms with van der Waals surface area (Å²) in [5, 5.41) is 7.99. The molecule has 0 unspecified atom stereocenters. The molecule has 3 N–H and O–H groups in total. The number of aromatic nitrogens is 1. The number of para-hydroxylation sites is 2. The van der Waals surface area contributed by atoms with Gasteiger partial charge in [-0.3, -0.25) is 14.6 Å². The number of alkyl carbamates (subject to hydrolysis) is 1. The number of anilines is 1. The van der Waals surface area contributed by atoms with Crippen LogP contribution in [-0.4, -0.2) is 35.5 Å². The lowest BCUT2D eigenvalue weighted by molar-refractivity contribution is -0.125. The molecule has 210 valence electrons. The maximum atomic E-state index is 13.1. The number of nitrogens with zero attached hydrogens (tertiary/aromatic N) is 1. The van der Waals surface area contributed by atoms with Crippen molar-refractivity contribution in [1.82, 2.24) is 15.6 Å². The predicted octanol–water partition coefficient (Wildman–Crippen LogP) is 5.02. The Labute approximate surface area is 246 Å². The minimum Gasteiger partial charge on any atom is -0.485 e. The molecule has 10 heteroatoms.